The van der Waals surface area contributed by atoms with Crippen molar-refractivity contribution in [2.45, 2.75) is 6.54 Å². The summed E-state index contributed by atoms with van der Waals surface area (Å²) in [5.41, 5.74) is 1.26. The third-order valence-corrected chi connectivity index (χ3v) is 4.17. The number of carbonyl (C=O) groups is 1. The molecule has 0 fully saturated rings. The number of nitrogens with zero attached hydrogens (tertiary/aromatic N) is 3. The maximum absolute atomic E-state index is 12.5. The van der Waals surface area contributed by atoms with Gasteiger partial charge in [-0.1, -0.05) is 5.16 Å². The number of hydrogen-bond acceptors (Lipinski definition) is 7. The van der Waals surface area contributed by atoms with Gasteiger partial charge in [0, 0.05) is 18.2 Å². The van der Waals surface area contributed by atoms with Crippen molar-refractivity contribution in [3.8, 4) is 28.6 Å². The molecule has 0 radical (unpaired) electrons. The molecule has 3 rings (SSSR count). The smallest absolute Gasteiger partial charge is 0.254 e. The minimum Gasteiger partial charge on any atom is -0.497 e. The topological polar surface area (TPSA) is 86.9 Å². The van der Waals surface area contributed by atoms with E-state index in [4.69, 9.17) is 18.7 Å². The first-order valence-electron chi connectivity index (χ1n) is 8.50. The molecule has 0 spiro atoms. The third-order valence-electron chi connectivity index (χ3n) is 4.17. The molecule has 28 heavy (non-hydrogen) atoms. The lowest BCUT2D eigenvalue weighted by atomic mass is 10.2. The first-order valence-corrected chi connectivity index (χ1v) is 8.50. The van der Waals surface area contributed by atoms with Crippen LogP contribution in [0.15, 0.2) is 47.0 Å². The molecule has 0 unspecified atom stereocenters. The van der Waals surface area contributed by atoms with Crippen LogP contribution in [0.5, 0.6) is 17.2 Å². The molecule has 8 heteroatoms. The van der Waals surface area contributed by atoms with Crippen molar-refractivity contribution in [3.63, 3.8) is 0 Å². The second kappa shape index (κ2) is 8.43. The van der Waals surface area contributed by atoms with Gasteiger partial charge in [-0.2, -0.15) is 4.98 Å². The molecule has 0 bridgehead atoms. The van der Waals surface area contributed by atoms with Gasteiger partial charge >= 0.3 is 0 Å². The predicted molar refractivity (Wildman–Crippen MR) is 102 cm³/mol. The maximum atomic E-state index is 12.5. The van der Waals surface area contributed by atoms with Crippen LogP contribution in [0, 0.1) is 0 Å². The molecular weight excluding hydrogens is 362 g/mol. The zero-order chi connectivity index (χ0) is 20.1. The second-order valence-electron chi connectivity index (χ2n) is 5.97. The molecule has 146 valence electrons. The van der Waals surface area contributed by atoms with Gasteiger partial charge in [-0.3, -0.25) is 4.79 Å². The van der Waals surface area contributed by atoms with E-state index in [0.29, 0.717) is 34.5 Å². The normalized spacial score (nSPS) is 10.4. The van der Waals surface area contributed by atoms with E-state index >= 15 is 0 Å². The number of ether oxygens (including phenoxy) is 3. The van der Waals surface area contributed by atoms with Gasteiger partial charge in [0.1, 0.15) is 5.75 Å². The van der Waals surface area contributed by atoms with E-state index in [0.717, 1.165) is 5.56 Å². The molecule has 1 amide bonds. The predicted octanol–water partition coefficient (Wildman–Crippen LogP) is 3.03. The molecule has 0 N–H and O–H groups in total. The summed E-state index contributed by atoms with van der Waals surface area (Å²) in [6, 6.07) is 12.2. The zero-order valence-corrected chi connectivity index (χ0v) is 16.1. The van der Waals surface area contributed by atoms with Crippen molar-refractivity contribution in [2.75, 3.05) is 28.4 Å². The summed E-state index contributed by atoms with van der Waals surface area (Å²) in [6.45, 7) is 0.186. The number of benzene rings is 2. The van der Waals surface area contributed by atoms with E-state index in [2.05, 4.69) is 10.1 Å². The highest BCUT2D eigenvalue weighted by Gasteiger charge is 2.17. The van der Waals surface area contributed by atoms with Crippen LogP contribution in [-0.4, -0.2) is 49.3 Å². The first-order chi connectivity index (χ1) is 13.5. The highest BCUT2D eigenvalue weighted by Crippen LogP contribution is 2.31. The Morgan fingerprint density at radius 3 is 2.36 bits per heavy atom. The van der Waals surface area contributed by atoms with Crippen molar-refractivity contribution < 1.29 is 23.5 Å². The lowest BCUT2D eigenvalue weighted by Gasteiger charge is -2.14. The number of carbonyl (C=O) groups excluding carboxylic acids is 1. The molecule has 1 aromatic heterocycles. The number of amides is 1. The number of hydrogen-bond donors (Lipinski definition) is 0. The third kappa shape index (κ3) is 4.06. The van der Waals surface area contributed by atoms with Crippen LogP contribution < -0.4 is 14.2 Å². The molecule has 0 saturated heterocycles. The van der Waals surface area contributed by atoms with E-state index in [9.17, 15) is 4.79 Å². The van der Waals surface area contributed by atoms with Crippen molar-refractivity contribution >= 4 is 5.91 Å². The van der Waals surface area contributed by atoms with Crippen molar-refractivity contribution in [3.05, 3.63) is 53.9 Å². The summed E-state index contributed by atoms with van der Waals surface area (Å²) in [5.74, 6) is 2.44. The molecule has 2 aromatic carbocycles. The Hall–Kier alpha value is -3.55. The summed E-state index contributed by atoms with van der Waals surface area (Å²) in [7, 11) is 6.38. The number of aromatic nitrogens is 2. The number of rotatable bonds is 7. The van der Waals surface area contributed by atoms with E-state index in [1.165, 1.54) is 4.90 Å². The van der Waals surface area contributed by atoms with Crippen LogP contribution in [0.4, 0.5) is 0 Å². The Morgan fingerprint density at radius 2 is 1.71 bits per heavy atom. The largest absolute Gasteiger partial charge is 0.497 e. The van der Waals surface area contributed by atoms with Gasteiger partial charge in [0.2, 0.25) is 11.7 Å². The van der Waals surface area contributed by atoms with Gasteiger partial charge in [-0.25, -0.2) is 0 Å². The molecule has 3 aromatic rings. The minimum absolute atomic E-state index is 0.159. The van der Waals surface area contributed by atoms with Crippen LogP contribution in [-0.2, 0) is 6.54 Å². The fraction of sp³-hybridized carbons (Fsp3) is 0.250. The summed E-state index contributed by atoms with van der Waals surface area (Å²) in [5, 5.41) is 3.99. The quantitative estimate of drug-likeness (QED) is 0.620. The van der Waals surface area contributed by atoms with E-state index in [-0.39, 0.29) is 12.5 Å². The van der Waals surface area contributed by atoms with Gasteiger partial charge in [0.05, 0.1) is 27.9 Å². The molecule has 0 aliphatic carbocycles. The monoisotopic (exact) mass is 383 g/mol. The molecule has 8 nitrogen and oxygen atoms in total. The number of methoxy groups -OCH3 is 3. The van der Waals surface area contributed by atoms with Gasteiger partial charge < -0.3 is 23.6 Å². The van der Waals surface area contributed by atoms with Gasteiger partial charge in [0.25, 0.3) is 5.91 Å². The highest BCUT2D eigenvalue weighted by molar-refractivity contribution is 5.94. The van der Waals surface area contributed by atoms with Crippen molar-refractivity contribution in [1.82, 2.24) is 15.0 Å². The maximum Gasteiger partial charge on any atom is 0.254 e. The average molecular weight is 383 g/mol. The minimum atomic E-state index is -0.159. The highest BCUT2D eigenvalue weighted by atomic mass is 16.5. The lowest BCUT2D eigenvalue weighted by molar-refractivity contribution is 0.0769. The Morgan fingerprint density at radius 1 is 1.00 bits per heavy atom. The lowest BCUT2D eigenvalue weighted by Crippen LogP contribution is -2.26. The van der Waals surface area contributed by atoms with Crippen LogP contribution in [0.1, 0.15) is 16.2 Å². The fourth-order valence-electron chi connectivity index (χ4n) is 2.64. The van der Waals surface area contributed by atoms with Gasteiger partial charge in [-0.15, -0.1) is 0 Å². The summed E-state index contributed by atoms with van der Waals surface area (Å²) in [4.78, 5) is 18.4. The summed E-state index contributed by atoms with van der Waals surface area (Å²) in [6.07, 6.45) is 0. The van der Waals surface area contributed by atoms with Crippen LogP contribution in [0.3, 0.4) is 0 Å². The van der Waals surface area contributed by atoms with Gasteiger partial charge in [0.15, 0.2) is 11.5 Å². The zero-order valence-electron chi connectivity index (χ0n) is 16.1. The summed E-state index contributed by atoms with van der Waals surface area (Å²) < 4.78 is 20.9. The second-order valence-corrected chi connectivity index (χ2v) is 5.97. The molecule has 0 saturated carbocycles. The first kappa shape index (κ1) is 19.2. The average Bonchev–Trinajstić information content (AvgIpc) is 3.21. The van der Waals surface area contributed by atoms with Crippen molar-refractivity contribution in [2.24, 2.45) is 0 Å². The molecule has 0 aliphatic heterocycles. The molecular formula is C20H21N3O5. The SMILES string of the molecule is COc1ccc(C(=O)N(C)Cc2nc(-c3ccc(OC)c(OC)c3)no2)cc1. The fourth-order valence-corrected chi connectivity index (χ4v) is 2.64. The standard InChI is InChI=1S/C20H21N3O5/c1-23(20(24)13-5-8-15(25-2)9-6-13)12-18-21-19(22-28-18)14-7-10-16(26-3)17(11-14)27-4/h5-11H,12H2,1-4H3. The molecule has 1 heterocycles. The Labute approximate surface area is 162 Å². The van der Waals surface area contributed by atoms with Gasteiger partial charge in [-0.05, 0) is 42.5 Å². The Bertz CT molecular complexity index is 953. The Kier molecular flexibility index (Phi) is 5.78. The van der Waals surface area contributed by atoms with Crippen LogP contribution >= 0.6 is 0 Å². The van der Waals surface area contributed by atoms with E-state index in [1.807, 2.05) is 6.07 Å². The Balaban J connectivity index is 1.72. The molecule has 0 atom stereocenters. The van der Waals surface area contributed by atoms with Crippen LogP contribution in [0.25, 0.3) is 11.4 Å². The van der Waals surface area contributed by atoms with E-state index < -0.39 is 0 Å². The summed E-state index contributed by atoms with van der Waals surface area (Å²) >= 11 is 0. The van der Waals surface area contributed by atoms with Crippen LogP contribution in [0.2, 0.25) is 0 Å². The van der Waals surface area contributed by atoms with Crippen molar-refractivity contribution in [1.29, 1.82) is 0 Å². The molecule has 0 aliphatic rings. The van der Waals surface area contributed by atoms with E-state index in [1.54, 1.807) is 64.8 Å².